The van der Waals surface area contributed by atoms with Crippen LogP contribution in [0.2, 0.25) is 0 Å². The molecule has 0 saturated carbocycles. The molecule has 2 heterocycles. The molecule has 2 rings (SSSR count). The molecule has 0 radical (unpaired) electrons. The van der Waals surface area contributed by atoms with Crippen molar-refractivity contribution in [2.45, 2.75) is 39.2 Å². The van der Waals surface area contributed by atoms with Gasteiger partial charge >= 0.3 is 0 Å². The van der Waals surface area contributed by atoms with Crippen LogP contribution in [0.3, 0.4) is 0 Å². The molecule has 2 fully saturated rings. The molecule has 0 aromatic heterocycles. The van der Waals surface area contributed by atoms with Crippen LogP contribution in [0.1, 0.15) is 33.1 Å². The fraction of sp³-hybridized carbons (Fsp3) is 0.889. The normalized spacial score (nSPS) is 21.6. The lowest BCUT2D eigenvalue weighted by Crippen LogP contribution is -2.49. The molecule has 0 bridgehead atoms. The Labute approximate surface area is 152 Å². The number of likely N-dealkylation sites (tertiary alicyclic amines) is 1. The number of rotatable bonds is 8. The Morgan fingerprint density at radius 1 is 1.20 bits per heavy atom. The molecule has 1 unspecified atom stereocenters. The lowest BCUT2D eigenvalue weighted by atomic mass is 10.2. The number of hydrogen-bond acceptors (Lipinski definition) is 4. The van der Waals surface area contributed by atoms with Crippen molar-refractivity contribution in [3.8, 4) is 0 Å². The van der Waals surface area contributed by atoms with Gasteiger partial charge in [0.15, 0.2) is 5.96 Å². The number of piperazine rings is 1. The second-order valence-corrected chi connectivity index (χ2v) is 7.17. The summed E-state index contributed by atoms with van der Waals surface area (Å²) in [5.41, 5.74) is 0. The summed E-state index contributed by atoms with van der Waals surface area (Å²) in [7, 11) is 2.18. The third-order valence-electron chi connectivity index (χ3n) is 5.09. The van der Waals surface area contributed by atoms with Gasteiger partial charge in [0.1, 0.15) is 0 Å². The number of carbonyl (C=O) groups is 1. The van der Waals surface area contributed by atoms with Gasteiger partial charge in [0, 0.05) is 64.8 Å². The van der Waals surface area contributed by atoms with Crippen molar-refractivity contribution < 1.29 is 4.79 Å². The minimum Gasteiger partial charge on any atom is -0.357 e. The first-order valence-corrected chi connectivity index (χ1v) is 9.82. The van der Waals surface area contributed by atoms with Gasteiger partial charge in [-0.25, -0.2) is 0 Å². The van der Waals surface area contributed by atoms with Crippen LogP contribution in [0.25, 0.3) is 0 Å². The van der Waals surface area contributed by atoms with E-state index in [-0.39, 0.29) is 0 Å². The van der Waals surface area contributed by atoms with Crippen LogP contribution in [-0.4, -0.2) is 98.6 Å². The van der Waals surface area contributed by atoms with E-state index in [4.69, 9.17) is 4.99 Å². The first-order valence-electron chi connectivity index (χ1n) is 9.82. The molecule has 0 spiro atoms. The zero-order valence-electron chi connectivity index (χ0n) is 16.3. The molecule has 2 N–H and O–H groups in total. The second-order valence-electron chi connectivity index (χ2n) is 7.17. The van der Waals surface area contributed by atoms with Gasteiger partial charge in [0.05, 0.1) is 6.54 Å². The molecular formula is C18H36N6O. The quantitative estimate of drug-likeness (QED) is 0.371. The number of nitrogens with zero attached hydrogens (tertiary/aromatic N) is 4. The van der Waals surface area contributed by atoms with Crippen LogP contribution in [0.4, 0.5) is 0 Å². The summed E-state index contributed by atoms with van der Waals surface area (Å²) in [6.07, 6.45) is 2.70. The van der Waals surface area contributed by atoms with Crippen molar-refractivity contribution in [1.29, 1.82) is 0 Å². The Morgan fingerprint density at radius 2 is 1.96 bits per heavy atom. The van der Waals surface area contributed by atoms with Crippen molar-refractivity contribution in [2.24, 2.45) is 4.99 Å². The minimum absolute atomic E-state index is 0.307. The fourth-order valence-electron chi connectivity index (χ4n) is 3.36. The summed E-state index contributed by atoms with van der Waals surface area (Å²) in [5.74, 6) is 1.19. The van der Waals surface area contributed by atoms with E-state index in [1.165, 1.54) is 0 Å². The van der Waals surface area contributed by atoms with Gasteiger partial charge in [-0.1, -0.05) is 0 Å². The van der Waals surface area contributed by atoms with Gasteiger partial charge in [-0.2, -0.15) is 0 Å². The summed E-state index contributed by atoms with van der Waals surface area (Å²) < 4.78 is 0. The molecular weight excluding hydrogens is 316 g/mol. The number of nitrogens with one attached hydrogen (secondary N) is 2. The van der Waals surface area contributed by atoms with Gasteiger partial charge in [-0.3, -0.25) is 14.7 Å². The first-order chi connectivity index (χ1) is 12.1. The Hall–Kier alpha value is -1.34. The van der Waals surface area contributed by atoms with E-state index in [9.17, 15) is 4.79 Å². The third kappa shape index (κ3) is 6.82. The molecule has 7 heteroatoms. The summed E-state index contributed by atoms with van der Waals surface area (Å²) in [6.45, 7) is 13.2. The largest absolute Gasteiger partial charge is 0.357 e. The van der Waals surface area contributed by atoms with Gasteiger partial charge in [-0.15, -0.1) is 0 Å². The highest BCUT2D eigenvalue weighted by Gasteiger charge is 2.20. The molecule has 0 aliphatic carbocycles. The maximum absolute atomic E-state index is 11.6. The summed E-state index contributed by atoms with van der Waals surface area (Å²) in [4.78, 5) is 23.2. The standard InChI is InChI=1S/C18H36N6O/c1-4-19-18(20-8-6-10-24-9-5-7-17(24)25)21-15-16(2)23-13-11-22(3)12-14-23/h16H,4-15H2,1-3H3,(H2,19,20,21). The molecule has 2 saturated heterocycles. The van der Waals surface area contributed by atoms with E-state index in [0.717, 1.165) is 84.1 Å². The van der Waals surface area contributed by atoms with E-state index < -0.39 is 0 Å². The average molecular weight is 353 g/mol. The maximum atomic E-state index is 11.6. The van der Waals surface area contributed by atoms with Crippen LogP contribution in [0.15, 0.2) is 4.99 Å². The van der Waals surface area contributed by atoms with Gasteiger partial charge < -0.3 is 20.4 Å². The SMILES string of the molecule is CCNC(=NCC(C)N1CCN(C)CC1)NCCCN1CCCC1=O. The van der Waals surface area contributed by atoms with Crippen LogP contribution in [-0.2, 0) is 4.79 Å². The molecule has 7 nitrogen and oxygen atoms in total. The van der Waals surface area contributed by atoms with E-state index in [2.05, 4.69) is 41.3 Å². The van der Waals surface area contributed by atoms with Crippen LogP contribution < -0.4 is 10.6 Å². The smallest absolute Gasteiger partial charge is 0.222 e. The lowest BCUT2D eigenvalue weighted by Gasteiger charge is -2.35. The van der Waals surface area contributed by atoms with E-state index in [1.54, 1.807) is 0 Å². The van der Waals surface area contributed by atoms with Crippen LogP contribution >= 0.6 is 0 Å². The summed E-state index contributed by atoms with van der Waals surface area (Å²) in [6, 6.07) is 0.464. The number of likely N-dealkylation sites (N-methyl/N-ethyl adjacent to an activating group) is 1. The van der Waals surface area contributed by atoms with Gasteiger partial charge in [-0.05, 0) is 33.7 Å². The molecule has 25 heavy (non-hydrogen) atoms. The highest BCUT2D eigenvalue weighted by atomic mass is 16.2. The molecule has 1 atom stereocenters. The number of hydrogen-bond donors (Lipinski definition) is 2. The third-order valence-corrected chi connectivity index (χ3v) is 5.09. The zero-order valence-corrected chi connectivity index (χ0v) is 16.3. The van der Waals surface area contributed by atoms with Crippen molar-refractivity contribution in [2.75, 3.05) is 66.0 Å². The minimum atomic E-state index is 0.307. The highest BCUT2D eigenvalue weighted by molar-refractivity contribution is 5.79. The van der Waals surface area contributed by atoms with Crippen molar-refractivity contribution in [1.82, 2.24) is 25.3 Å². The monoisotopic (exact) mass is 352 g/mol. The van der Waals surface area contributed by atoms with E-state index >= 15 is 0 Å². The lowest BCUT2D eigenvalue weighted by molar-refractivity contribution is -0.127. The number of guanidine groups is 1. The second kappa shape index (κ2) is 10.6. The van der Waals surface area contributed by atoms with E-state index in [0.29, 0.717) is 11.9 Å². The Morgan fingerprint density at radius 3 is 2.60 bits per heavy atom. The summed E-state index contributed by atoms with van der Waals surface area (Å²) in [5, 5.41) is 6.72. The highest BCUT2D eigenvalue weighted by Crippen LogP contribution is 2.09. The molecule has 1 amide bonds. The summed E-state index contributed by atoms with van der Waals surface area (Å²) >= 11 is 0. The van der Waals surface area contributed by atoms with Crippen LogP contribution in [0.5, 0.6) is 0 Å². The fourth-order valence-corrected chi connectivity index (χ4v) is 3.36. The van der Waals surface area contributed by atoms with Crippen molar-refractivity contribution in [3.05, 3.63) is 0 Å². The average Bonchev–Trinajstić information content (AvgIpc) is 3.01. The van der Waals surface area contributed by atoms with Crippen LogP contribution in [0, 0.1) is 0 Å². The molecule has 144 valence electrons. The van der Waals surface area contributed by atoms with E-state index in [1.807, 2.05) is 4.90 Å². The first kappa shape index (κ1) is 20.0. The number of aliphatic imine (C=N–C) groups is 1. The maximum Gasteiger partial charge on any atom is 0.222 e. The molecule has 0 aromatic carbocycles. The topological polar surface area (TPSA) is 63.2 Å². The predicted octanol–water partition coefficient (Wildman–Crippen LogP) is 0.190. The Bertz CT molecular complexity index is 433. The molecule has 2 aliphatic heterocycles. The molecule has 2 aliphatic rings. The zero-order chi connectivity index (χ0) is 18.1. The number of carbonyl (C=O) groups excluding carboxylic acids is 1. The number of amides is 1. The van der Waals surface area contributed by atoms with Gasteiger partial charge in [0.2, 0.25) is 5.91 Å². The predicted molar refractivity (Wildman–Crippen MR) is 103 cm³/mol. The molecule has 0 aromatic rings. The Kier molecular flexibility index (Phi) is 8.48. The van der Waals surface area contributed by atoms with Gasteiger partial charge in [0.25, 0.3) is 0 Å². The van der Waals surface area contributed by atoms with Crippen molar-refractivity contribution >= 4 is 11.9 Å². The Balaban J connectivity index is 1.69. The van der Waals surface area contributed by atoms with Crippen molar-refractivity contribution in [3.63, 3.8) is 0 Å².